The Hall–Kier alpha value is -1.06. The molecule has 1 aromatic heterocycles. The SMILES string of the molecule is CCNC(c1ccc(Br)o1)c1c(C)cc(C)cc1C. The molecule has 0 amide bonds. The van der Waals surface area contributed by atoms with Crippen LogP contribution in [0.3, 0.4) is 0 Å². The van der Waals surface area contributed by atoms with Crippen LogP contribution in [-0.4, -0.2) is 6.54 Å². The summed E-state index contributed by atoms with van der Waals surface area (Å²) in [6.07, 6.45) is 0. The van der Waals surface area contributed by atoms with Crippen molar-refractivity contribution in [3.05, 3.63) is 56.9 Å². The van der Waals surface area contributed by atoms with Crippen molar-refractivity contribution in [2.75, 3.05) is 6.54 Å². The van der Waals surface area contributed by atoms with Crippen LogP contribution >= 0.6 is 15.9 Å². The molecule has 0 saturated heterocycles. The first-order chi connectivity index (χ1) is 9.02. The van der Waals surface area contributed by atoms with Gasteiger partial charge in [0.25, 0.3) is 0 Å². The maximum Gasteiger partial charge on any atom is 0.169 e. The lowest BCUT2D eigenvalue weighted by molar-refractivity contribution is 0.436. The Morgan fingerprint density at radius 2 is 1.79 bits per heavy atom. The Morgan fingerprint density at radius 3 is 2.26 bits per heavy atom. The second-order valence-electron chi connectivity index (χ2n) is 4.94. The fourth-order valence-corrected chi connectivity index (χ4v) is 3.00. The van der Waals surface area contributed by atoms with Crippen molar-refractivity contribution in [3.8, 4) is 0 Å². The Bertz CT molecular complexity index is 551. The van der Waals surface area contributed by atoms with Gasteiger partial charge in [-0.25, -0.2) is 0 Å². The van der Waals surface area contributed by atoms with E-state index in [0.717, 1.165) is 17.0 Å². The van der Waals surface area contributed by atoms with Crippen LogP contribution in [0.2, 0.25) is 0 Å². The molecule has 0 bridgehead atoms. The number of hydrogen-bond acceptors (Lipinski definition) is 2. The van der Waals surface area contributed by atoms with Crippen molar-refractivity contribution < 1.29 is 4.42 Å². The standard InChI is InChI=1S/C16H20BrNO/c1-5-18-16(13-6-7-14(17)19-13)15-11(3)8-10(2)9-12(15)4/h6-9,16,18H,5H2,1-4H3. The predicted octanol–water partition coefficient (Wildman–Crippen LogP) is 4.67. The Kier molecular flexibility index (Phi) is 4.48. The third-order valence-corrected chi connectivity index (χ3v) is 3.74. The van der Waals surface area contributed by atoms with E-state index in [9.17, 15) is 0 Å². The molecule has 0 radical (unpaired) electrons. The number of benzene rings is 1. The van der Waals surface area contributed by atoms with Crippen molar-refractivity contribution >= 4 is 15.9 Å². The Balaban J connectivity index is 2.51. The summed E-state index contributed by atoms with van der Waals surface area (Å²) in [6.45, 7) is 9.48. The van der Waals surface area contributed by atoms with Gasteiger partial charge in [-0.15, -0.1) is 0 Å². The second kappa shape index (κ2) is 5.93. The summed E-state index contributed by atoms with van der Waals surface area (Å²) in [5.74, 6) is 0.948. The summed E-state index contributed by atoms with van der Waals surface area (Å²) in [7, 11) is 0. The minimum absolute atomic E-state index is 0.108. The minimum atomic E-state index is 0.108. The number of hydrogen-bond donors (Lipinski definition) is 1. The number of nitrogens with one attached hydrogen (secondary N) is 1. The van der Waals surface area contributed by atoms with Gasteiger partial charge < -0.3 is 9.73 Å². The molecule has 0 saturated carbocycles. The molecule has 3 heteroatoms. The Labute approximate surface area is 123 Å². The van der Waals surface area contributed by atoms with Crippen molar-refractivity contribution in [2.45, 2.75) is 33.7 Å². The van der Waals surface area contributed by atoms with Gasteiger partial charge in [-0.3, -0.25) is 0 Å². The van der Waals surface area contributed by atoms with E-state index < -0.39 is 0 Å². The maximum absolute atomic E-state index is 5.75. The second-order valence-corrected chi connectivity index (χ2v) is 5.73. The molecule has 2 nitrogen and oxygen atoms in total. The van der Waals surface area contributed by atoms with Gasteiger partial charge in [-0.2, -0.15) is 0 Å². The fourth-order valence-electron chi connectivity index (χ4n) is 2.68. The molecule has 0 aliphatic carbocycles. The minimum Gasteiger partial charge on any atom is -0.452 e. The molecule has 0 aliphatic heterocycles. The summed E-state index contributed by atoms with van der Waals surface area (Å²) in [4.78, 5) is 0. The molecule has 1 aromatic carbocycles. The molecule has 102 valence electrons. The zero-order valence-corrected chi connectivity index (χ0v) is 13.5. The van der Waals surface area contributed by atoms with Gasteiger partial charge >= 0.3 is 0 Å². The van der Waals surface area contributed by atoms with Crippen molar-refractivity contribution in [3.63, 3.8) is 0 Å². The van der Waals surface area contributed by atoms with Gasteiger partial charge in [0, 0.05) is 0 Å². The van der Waals surface area contributed by atoms with Crippen LogP contribution in [0.25, 0.3) is 0 Å². The average molecular weight is 322 g/mol. The topological polar surface area (TPSA) is 25.2 Å². The van der Waals surface area contributed by atoms with Gasteiger partial charge in [0.1, 0.15) is 5.76 Å². The Morgan fingerprint density at radius 1 is 1.16 bits per heavy atom. The summed E-state index contributed by atoms with van der Waals surface area (Å²) in [6, 6.07) is 8.53. The van der Waals surface area contributed by atoms with Crippen LogP contribution < -0.4 is 5.32 Å². The van der Waals surface area contributed by atoms with Gasteiger partial charge in [-0.1, -0.05) is 24.6 Å². The van der Waals surface area contributed by atoms with Crippen molar-refractivity contribution in [1.29, 1.82) is 0 Å². The van der Waals surface area contributed by atoms with Crippen LogP contribution in [0.15, 0.2) is 33.4 Å². The highest BCUT2D eigenvalue weighted by Gasteiger charge is 2.20. The number of halogens is 1. The first kappa shape index (κ1) is 14.4. The lowest BCUT2D eigenvalue weighted by atomic mass is 9.92. The van der Waals surface area contributed by atoms with Crippen LogP contribution in [0.5, 0.6) is 0 Å². The lowest BCUT2D eigenvalue weighted by Gasteiger charge is -2.21. The molecule has 2 rings (SSSR count). The molecule has 2 aromatic rings. The van der Waals surface area contributed by atoms with E-state index in [1.807, 2.05) is 12.1 Å². The number of aryl methyl sites for hydroxylation is 3. The first-order valence-corrected chi connectivity index (χ1v) is 7.38. The lowest BCUT2D eigenvalue weighted by Crippen LogP contribution is -2.23. The molecule has 19 heavy (non-hydrogen) atoms. The summed E-state index contributed by atoms with van der Waals surface area (Å²) >= 11 is 3.38. The van der Waals surface area contributed by atoms with E-state index in [2.05, 4.69) is 61.1 Å². The predicted molar refractivity (Wildman–Crippen MR) is 82.6 cm³/mol. The largest absolute Gasteiger partial charge is 0.452 e. The highest BCUT2D eigenvalue weighted by atomic mass is 79.9. The van der Waals surface area contributed by atoms with Crippen LogP contribution in [0, 0.1) is 20.8 Å². The van der Waals surface area contributed by atoms with E-state index in [1.54, 1.807) is 0 Å². The van der Waals surface area contributed by atoms with Crippen molar-refractivity contribution in [2.24, 2.45) is 0 Å². The van der Waals surface area contributed by atoms with Gasteiger partial charge in [0.05, 0.1) is 6.04 Å². The smallest absolute Gasteiger partial charge is 0.169 e. The molecule has 0 aliphatic rings. The third kappa shape index (κ3) is 3.10. The van der Waals surface area contributed by atoms with Gasteiger partial charge in [0.15, 0.2) is 4.67 Å². The molecule has 1 unspecified atom stereocenters. The average Bonchev–Trinajstić information content (AvgIpc) is 2.73. The molecule has 1 N–H and O–H groups in total. The van der Waals surface area contributed by atoms with E-state index >= 15 is 0 Å². The highest BCUT2D eigenvalue weighted by molar-refractivity contribution is 9.10. The van der Waals surface area contributed by atoms with Gasteiger partial charge in [0.2, 0.25) is 0 Å². The van der Waals surface area contributed by atoms with Crippen LogP contribution in [0.1, 0.15) is 41.0 Å². The van der Waals surface area contributed by atoms with Crippen LogP contribution in [0.4, 0.5) is 0 Å². The monoisotopic (exact) mass is 321 g/mol. The summed E-state index contributed by atoms with van der Waals surface area (Å²) in [5.41, 5.74) is 5.22. The summed E-state index contributed by atoms with van der Waals surface area (Å²) < 4.78 is 6.52. The molecule has 1 atom stereocenters. The normalized spacial score (nSPS) is 12.7. The van der Waals surface area contributed by atoms with E-state index in [-0.39, 0.29) is 6.04 Å². The van der Waals surface area contributed by atoms with E-state index in [1.165, 1.54) is 22.3 Å². The quantitative estimate of drug-likeness (QED) is 0.885. The summed E-state index contributed by atoms with van der Waals surface area (Å²) in [5, 5.41) is 3.52. The van der Waals surface area contributed by atoms with Gasteiger partial charge in [-0.05, 0) is 72.1 Å². The molecule has 0 spiro atoms. The third-order valence-electron chi connectivity index (χ3n) is 3.31. The van der Waals surface area contributed by atoms with E-state index in [4.69, 9.17) is 4.42 Å². The number of rotatable bonds is 4. The highest BCUT2D eigenvalue weighted by Crippen LogP contribution is 2.31. The first-order valence-electron chi connectivity index (χ1n) is 6.59. The fraction of sp³-hybridized carbons (Fsp3) is 0.375. The zero-order valence-electron chi connectivity index (χ0n) is 11.9. The molecule has 0 fully saturated rings. The van der Waals surface area contributed by atoms with E-state index in [0.29, 0.717) is 0 Å². The molecular weight excluding hydrogens is 302 g/mol. The van der Waals surface area contributed by atoms with Crippen molar-refractivity contribution in [1.82, 2.24) is 5.32 Å². The molecule has 1 heterocycles. The molecular formula is C16H20BrNO. The number of furan rings is 1. The van der Waals surface area contributed by atoms with Crippen LogP contribution in [-0.2, 0) is 0 Å². The zero-order chi connectivity index (χ0) is 14.0. The maximum atomic E-state index is 5.75.